The van der Waals surface area contributed by atoms with Gasteiger partial charge in [0, 0.05) is 14.5 Å². The van der Waals surface area contributed by atoms with Crippen LogP contribution >= 0.6 is 31.9 Å². The van der Waals surface area contributed by atoms with Gasteiger partial charge < -0.3 is 9.47 Å². The summed E-state index contributed by atoms with van der Waals surface area (Å²) in [5.41, 5.74) is 1.70. The molecule has 0 spiro atoms. The van der Waals surface area contributed by atoms with Crippen LogP contribution in [0.4, 0.5) is 0 Å². The van der Waals surface area contributed by atoms with Crippen molar-refractivity contribution in [1.82, 2.24) is 0 Å². The monoisotopic (exact) mass is 362 g/mol. The molecule has 1 aromatic carbocycles. The smallest absolute Gasteiger partial charge is 0.195 e. The zero-order chi connectivity index (χ0) is 12.4. The molecule has 0 radical (unpaired) electrons. The predicted molar refractivity (Wildman–Crippen MR) is 71.5 cm³/mol. The predicted octanol–water partition coefficient (Wildman–Crippen LogP) is 3.12. The Hall–Kier alpha value is -0.230. The van der Waals surface area contributed by atoms with Crippen LogP contribution in [0, 0.1) is 6.92 Å². The molecule has 5 heteroatoms. The molecular formula is C12H12Br2O3. The van der Waals surface area contributed by atoms with Gasteiger partial charge in [0.15, 0.2) is 5.78 Å². The number of benzene rings is 1. The molecule has 0 bridgehead atoms. The summed E-state index contributed by atoms with van der Waals surface area (Å²) in [6, 6.07) is 3.74. The molecule has 1 aliphatic rings. The van der Waals surface area contributed by atoms with Crippen LogP contribution < -0.4 is 0 Å². The Morgan fingerprint density at radius 1 is 1.29 bits per heavy atom. The van der Waals surface area contributed by atoms with Crippen LogP contribution in [0.15, 0.2) is 21.1 Å². The normalized spacial score (nSPS) is 20.3. The molecular weight excluding hydrogens is 352 g/mol. The van der Waals surface area contributed by atoms with Gasteiger partial charge in [-0.25, -0.2) is 0 Å². The fourth-order valence-electron chi connectivity index (χ4n) is 1.65. The minimum atomic E-state index is -0.491. The molecule has 3 nitrogen and oxygen atoms in total. The Kier molecular flexibility index (Phi) is 4.36. The Labute approximate surface area is 117 Å². The Balaban J connectivity index is 2.26. The number of rotatable bonds is 2. The van der Waals surface area contributed by atoms with Gasteiger partial charge >= 0.3 is 0 Å². The maximum Gasteiger partial charge on any atom is 0.195 e. The number of aryl methyl sites for hydroxylation is 1. The van der Waals surface area contributed by atoms with E-state index in [0.717, 1.165) is 14.5 Å². The van der Waals surface area contributed by atoms with Crippen molar-refractivity contribution in [2.75, 3.05) is 19.8 Å². The van der Waals surface area contributed by atoms with Crippen molar-refractivity contribution in [1.29, 1.82) is 0 Å². The van der Waals surface area contributed by atoms with Gasteiger partial charge in [0.25, 0.3) is 0 Å². The summed E-state index contributed by atoms with van der Waals surface area (Å²) in [7, 11) is 0. The van der Waals surface area contributed by atoms with Crippen molar-refractivity contribution < 1.29 is 14.3 Å². The van der Waals surface area contributed by atoms with Crippen molar-refractivity contribution >= 4 is 37.6 Å². The molecule has 0 aliphatic carbocycles. The highest BCUT2D eigenvalue weighted by molar-refractivity contribution is 9.11. The number of carbonyl (C=O) groups is 1. The molecule has 1 saturated heterocycles. The van der Waals surface area contributed by atoms with Gasteiger partial charge in [-0.3, -0.25) is 4.79 Å². The summed E-state index contributed by atoms with van der Waals surface area (Å²) in [6.07, 6.45) is -0.491. The van der Waals surface area contributed by atoms with Gasteiger partial charge in [0.05, 0.1) is 19.8 Å². The Bertz CT molecular complexity index is 440. The lowest BCUT2D eigenvalue weighted by Gasteiger charge is -2.22. The van der Waals surface area contributed by atoms with Crippen molar-refractivity contribution in [2.24, 2.45) is 0 Å². The van der Waals surface area contributed by atoms with E-state index in [1.54, 1.807) is 0 Å². The molecule has 0 amide bonds. The van der Waals surface area contributed by atoms with Crippen molar-refractivity contribution in [3.8, 4) is 0 Å². The van der Waals surface area contributed by atoms with E-state index in [9.17, 15) is 4.79 Å². The Morgan fingerprint density at radius 3 is 2.71 bits per heavy atom. The number of hydrogen-bond acceptors (Lipinski definition) is 3. The van der Waals surface area contributed by atoms with Crippen LogP contribution in [0.2, 0.25) is 0 Å². The highest BCUT2D eigenvalue weighted by Gasteiger charge is 2.25. The largest absolute Gasteiger partial charge is 0.376 e. The molecule has 0 aromatic heterocycles. The highest BCUT2D eigenvalue weighted by Crippen LogP contribution is 2.27. The second-order valence-electron chi connectivity index (χ2n) is 3.88. The van der Waals surface area contributed by atoms with Gasteiger partial charge in [-0.1, -0.05) is 31.9 Å². The third-order valence-electron chi connectivity index (χ3n) is 2.62. The third kappa shape index (κ3) is 2.96. The van der Waals surface area contributed by atoms with E-state index in [1.807, 2.05) is 19.1 Å². The first-order chi connectivity index (χ1) is 8.09. The van der Waals surface area contributed by atoms with Crippen molar-refractivity contribution in [3.05, 3.63) is 32.2 Å². The number of hydrogen-bond donors (Lipinski definition) is 0. The molecule has 1 fully saturated rings. The second kappa shape index (κ2) is 5.61. The first-order valence-electron chi connectivity index (χ1n) is 5.29. The molecule has 2 rings (SSSR count). The van der Waals surface area contributed by atoms with Crippen molar-refractivity contribution in [2.45, 2.75) is 13.0 Å². The lowest BCUT2D eigenvalue weighted by atomic mass is 10.0. The SMILES string of the molecule is Cc1cc(Br)c(C(=O)C2COCCO2)cc1Br. The van der Waals surface area contributed by atoms with Gasteiger partial charge in [-0.2, -0.15) is 0 Å². The summed E-state index contributed by atoms with van der Waals surface area (Å²) in [4.78, 5) is 12.2. The first kappa shape index (κ1) is 13.2. The molecule has 0 N–H and O–H groups in total. The topological polar surface area (TPSA) is 35.5 Å². The fraction of sp³-hybridized carbons (Fsp3) is 0.417. The van der Waals surface area contributed by atoms with Crippen LogP contribution in [0.1, 0.15) is 15.9 Å². The van der Waals surface area contributed by atoms with Crippen molar-refractivity contribution in [3.63, 3.8) is 0 Å². The van der Waals surface area contributed by atoms with Crippen LogP contribution in [0.5, 0.6) is 0 Å². The van der Waals surface area contributed by atoms with E-state index in [0.29, 0.717) is 25.4 Å². The summed E-state index contributed by atoms with van der Waals surface area (Å²) in [6.45, 7) is 3.34. The van der Waals surface area contributed by atoms with Crippen LogP contribution in [-0.2, 0) is 9.47 Å². The average Bonchev–Trinajstić information content (AvgIpc) is 2.34. The van der Waals surface area contributed by atoms with E-state index in [4.69, 9.17) is 9.47 Å². The van der Waals surface area contributed by atoms with E-state index in [2.05, 4.69) is 31.9 Å². The van der Waals surface area contributed by atoms with Crippen LogP contribution in [0.25, 0.3) is 0 Å². The van der Waals surface area contributed by atoms with Crippen LogP contribution in [0.3, 0.4) is 0 Å². The number of halogens is 2. The van der Waals surface area contributed by atoms with E-state index in [-0.39, 0.29) is 5.78 Å². The maximum absolute atomic E-state index is 12.2. The molecule has 92 valence electrons. The second-order valence-corrected chi connectivity index (χ2v) is 5.59. The molecule has 1 heterocycles. The van der Waals surface area contributed by atoms with Gasteiger partial charge in [0.2, 0.25) is 0 Å². The summed E-state index contributed by atoms with van der Waals surface area (Å²) >= 11 is 6.84. The molecule has 1 aromatic rings. The molecule has 1 aliphatic heterocycles. The minimum absolute atomic E-state index is 0.0442. The van der Waals surface area contributed by atoms with E-state index < -0.39 is 6.10 Å². The lowest BCUT2D eigenvalue weighted by Crippen LogP contribution is -2.35. The fourth-order valence-corrected chi connectivity index (χ4v) is 2.64. The maximum atomic E-state index is 12.2. The number of carbonyl (C=O) groups excluding carboxylic acids is 1. The summed E-state index contributed by atoms with van der Waals surface area (Å²) < 4.78 is 12.4. The zero-order valence-corrected chi connectivity index (χ0v) is 12.5. The quantitative estimate of drug-likeness (QED) is 0.757. The molecule has 1 atom stereocenters. The number of ether oxygens (including phenoxy) is 2. The molecule has 1 unspecified atom stereocenters. The summed E-state index contributed by atoms with van der Waals surface area (Å²) in [5.74, 6) is -0.0442. The van der Waals surface area contributed by atoms with E-state index >= 15 is 0 Å². The van der Waals surface area contributed by atoms with Gasteiger partial charge in [0.1, 0.15) is 6.10 Å². The zero-order valence-electron chi connectivity index (χ0n) is 9.33. The highest BCUT2D eigenvalue weighted by atomic mass is 79.9. The summed E-state index contributed by atoms with van der Waals surface area (Å²) in [5, 5.41) is 0. The van der Waals surface area contributed by atoms with E-state index in [1.165, 1.54) is 0 Å². The standard InChI is InChI=1S/C12H12Br2O3/c1-7-4-10(14)8(5-9(7)13)12(15)11-6-16-2-3-17-11/h4-5,11H,2-3,6H2,1H3. The molecule has 17 heavy (non-hydrogen) atoms. The molecule has 0 saturated carbocycles. The lowest BCUT2D eigenvalue weighted by molar-refractivity contribution is -0.0719. The van der Waals surface area contributed by atoms with Crippen LogP contribution in [-0.4, -0.2) is 31.7 Å². The number of Topliss-reactive ketones (excluding diaryl/α,β-unsaturated/α-hetero) is 1. The first-order valence-corrected chi connectivity index (χ1v) is 6.87. The minimum Gasteiger partial charge on any atom is -0.376 e. The third-order valence-corrected chi connectivity index (χ3v) is 4.13. The Morgan fingerprint density at radius 2 is 2.06 bits per heavy atom. The van der Waals surface area contributed by atoms with Gasteiger partial charge in [-0.05, 0) is 24.6 Å². The van der Waals surface area contributed by atoms with Gasteiger partial charge in [-0.15, -0.1) is 0 Å². The average molecular weight is 364 g/mol. The number of ketones is 1.